The molecule has 0 fully saturated rings. The first-order chi connectivity index (χ1) is 22.2. The van der Waals surface area contributed by atoms with Gasteiger partial charge in [-0.25, -0.2) is 0 Å². The molecule has 0 spiro atoms. The van der Waals surface area contributed by atoms with Crippen molar-refractivity contribution in [3.05, 3.63) is 126 Å². The number of hydrogen-bond donors (Lipinski definition) is 4. The molecule has 0 amide bonds. The minimum Gasteiger partial charge on any atom is -0.508 e. The summed E-state index contributed by atoms with van der Waals surface area (Å²) in [6, 6.07) is 30.2. The van der Waals surface area contributed by atoms with E-state index in [4.69, 9.17) is 25.7 Å². The van der Waals surface area contributed by atoms with Crippen LogP contribution < -0.4 is 16.2 Å². The average molecular weight is 629 g/mol. The molecule has 1 aliphatic rings. The lowest BCUT2D eigenvalue weighted by Crippen LogP contribution is -2.08. The molecular weight excluding hydrogens is 588 g/mol. The summed E-state index contributed by atoms with van der Waals surface area (Å²) in [7, 11) is 0. The molecule has 3 atom stereocenters. The fraction of sp³-hybridized carbons (Fsp3) is 0.222. The number of carbonyl (C=O) groups excluding carboxylic acids is 2. The third-order valence-electron chi connectivity index (χ3n) is 6.84. The molecule has 4 aromatic carbocycles. The van der Waals surface area contributed by atoms with Gasteiger partial charge >= 0.3 is 0 Å². The Morgan fingerprint density at radius 1 is 0.804 bits per heavy atom. The average Bonchev–Trinajstić information content (AvgIpc) is 3.67. The fourth-order valence-electron chi connectivity index (χ4n) is 4.38. The van der Waals surface area contributed by atoms with Crippen molar-refractivity contribution in [2.75, 3.05) is 13.2 Å². The molecular formula is C36H40N2O8. The maximum Gasteiger partial charge on any atom is 0.293 e. The molecule has 1 aliphatic heterocycles. The molecule has 5 aromatic rings. The second-order valence-corrected chi connectivity index (χ2v) is 10.4. The number of carbonyl (C=O) groups is 2. The van der Waals surface area contributed by atoms with Gasteiger partial charge in [-0.3, -0.25) is 9.59 Å². The topological polar surface area (TPSA) is 167 Å². The minimum atomic E-state index is 0.0794. The number of furan rings is 1. The fourth-order valence-corrected chi connectivity index (χ4v) is 4.38. The number of rotatable bonds is 8. The van der Waals surface area contributed by atoms with Crippen LogP contribution in [-0.4, -0.2) is 36.4 Å². The number of phenols is 2. The van der Waals surface area contributed by atoms with E-state index in [1.54, 1.807) is 30.3 Å². The van der Waals surface area contributed by atoms with Crippen LogP contribution in [0.15, 0.2) is 108 Å². The summed E-state index contributed by atoms with van der Waals surface area (Å²) in [6.07, 6.45) is 1.51. The monoisotopic (exact) mass is 628 g/mol. The standard InChI is InChI=1S/C10H10O4.C10H8O4.2C8H11N/c2*11-6-13-4-7-5-14-10-3-8(12)1-2-9(7)10;2*1-7(9)8-5-3-2-4-6-8/h1-3,6-7,12H,4-5H2;1-3,5-6,12H,4H2;2*2-7H,9H2,1H3/t7-;;2*7-/m1.11/s1. The van der Waals surface area contributed by atoms with Crippen LogP contribution in [0.5, 0.6) is 17.2 Å². The quantitative estimate of drug-likeness (QED) is 0.144. The van der Waals surface area contributed by atoms with Crippen molar-refractivity contribution in [2.45, 2.75) is 38.5 Å². The summed E-state index contributed by atoms with van der Waals surface area (Å²) in [6.45, 7) is 5.78. The lowest BCUT2D eigenvalue weighted by atomic mass is 10.0. The van der Waals surface area contributed by atoms with Gasteiger partial charge in [0.05, 0.1) is 18.8 Å². The van der Waals surface area contributed by atoms with E-state index >= 15 is 0 Å². The van der Waals surface area contributed by atoms with Gasteiger partial charge in [-0.05, 0) is 43.2 Å². The molecule has 0 radical (unpaired) electrons. The predicted molar refractivity (Wildman–Crippen MR) is 175 cm³/mol. The van der Waals surface area contributed by atoms with Gasteiger partial charge in [0.2, 0.25) is 0 Å². The largest absolute Gasteiger partial charge is 0.508 e. The maximum absolute atomic E-state index is 10.0. The van der Waals surface area contributed by atoms with E-state index in [1.165, 1.54) is 23.5 Å². The molecule has 0 unspecified atom stereocenters. The molecule has 242 valence electrons. The normalized spacial score (nSPS) is 13.9. The first-order valence-corrected chi connectivity index (χ1v) is 14.6. The molecule has 0 saturated heterocycles. The zero-order valence-electron chi connectivity index (χ0n) is 25.8. The van der Waals surface area contributed by atoms with E-state index in [0.717, 1.165) is 16.5 Å². The van der Waals surface area contributed by atoms with Crippen molar-refractivity contribution < 1.29 is 38.4 Å². The minimum absolute atomic E-state index is 0.0794. The van der Waals surface area contributed by atoms with Gasteiger partial charge < -0.3 is 40.3 Å². The van der Waals surface area contributed by atoms with Crippen LogP contribution in [-0.2, 0) is 25.7 Å². The van der Waals surface area contributed by atoms with Gasteiger partial charge in [-0.1, -0.05) is 66.7 Å². The lowest BCUT2D eigenvalue weighted by Gasteiger charge is -2.05. The lowest BCUT2D eigenvalue weighted by molar-refractivity contribution is -0.130. The van der Waals surface area contributed by atoms with Gasteiger partial charge in [-0.2, -0.15) is 0 Å². The number of aromatic hydroxyl groups is 2. The van der Waals surface area contributed by atoms with Crippen LogP contribution >= 0.6 is 0 Å². The van der Waals surface area contributed by atoms with E-state index in [9.17, 15) is 14.7 Å². The van der Waals surface area contributed by atoms with Crippen LogP contribution in [0.4, 0.5) is 0 Å². The van der Waals surface area contributed by atoms with Crippen molar-refractivity contribution in [3.63, 3.8) is 0 Å². The Hall–Kier alpha value is -5.32. The number of phenolic OH excluding ortho intramolecular Hbond substituents is 2. The molecule has 10 nitrogen and oxygen atoms in total. The highest BCUT2D eigenvalue weighted by Crippen LogP contribution is 2.36. The van der Waals surface area contributed by atoms with Gasteiger partial charge in [0.15, 0.2) is 0 Å². The van der Waals surface area contributed by atoms with E-state index in [-0.39, 0.29) is 36.1 Å². The summed E-state index contributed by atoms with van der Waals surface area (Å²) in [5.74, 6) is 1.08. The number of hydrogen-bond acceptors (Lipinski definition) is 10. The van der Waals surface area contributed by atoms with Crippen LogP contribution in [0.2, 0.25) is 0 Å². The zero-order chi connectivity index (χ0) is 33.3. The van der Waals surface area contributed by atoms with E-state index < -0.39 is 0 Å². The smallest absolute Gasteiger partial charge is 0.293 e. The molecule has 10 heteroatoms. The van der Waals surface area contributed by atoms with E-state index in [1.807, 2.05) is 74.5 Å². The Balaban J connectivity index is 0.000000171. The third kappa shape index (κ3) is 11.0. The Bertz CT molecular complexity index is 1580. The van der Waals surface area contributed by atoms with E-state index in [0.29, 0.717) is 37.5 Å². The second-order valence-electron chi connectivity index (χ2n) is 10.4. The Kier molecular flexibility index (Phi) is 14.1. The second kappa shape index (κ2) is 18.5. The van der Waals surface area contributed by atoms with Gasteiger partial charge in [0.1, 0.15) is 36.0 Å². The number of benzene rings is 4. The SMILES string of the molecule is C[C@@H](N)c1ccccc1.C[C@@H](N)c1ccccc1.O=COC[C@@H]1COc2cc(O)ccc21.O=COCc1coc2cc(O)ccc12. The van der Waals surface area contributed by atoms with Crippen molar-refractivity contribution in [1.29, 1.82) is 0 Å². The summed E-state index contributed by atoms with van der Waals surface area (Å²) >= 11 is 0. The van der Waals surface area contributed by atoms with Crippen LogP contribution in [0, 0.1) is 0 Å². The third-order valence-corrected chi connectivity index (χ3v) is 6.84. The molecule has 46 heavy (non-hydrogen) atoms. The van der Waals surface area contributed by atoms with Crippen LogP contribution in [0.25, 0.3) is 11.0 Å². The van der Waals surface area contributed by atoms with Crippen LogP contribution in [0.1, 0.15) is 54.1 Å². The number of ether oxygens (including phenoxy) is 3. The Labute approximate surface area is 268 Å². The first kappa shape index (κ1) is 35.2. The first-order valence-electron chi connectivity index (χ1n) is 14.6. The summed E-state index contributed by atoms with van der Waals surface area (Å²) in [4.78, 5) is 20.0. The van der Waals surface area contributed by atoms with Crippen molar-refractivity contribution in [1.82, 2.24) is 0 Å². The van der Waals surface area contributed by atoms with Gasteiger partial charge in [-0.15, -0.1) is 0 Å². The maximum atomic E-state index is 10.0. The molecule has 0 aliphatic carbocycles. The molecule has 2 heterocycles. The van der Waals surface area contributed by atoms with Crippen LogP contribution in [0.3, 0.4) is 0 Å². The summed E-state index contributed by atoms with van der Waals surface area (Å²) < 4.78 is 19.8. The van der Waals surface area contributed by atoms with Gasteiger partial charge in [0.25, 0.3) is 12.9 Å². The predicted octanol–water partition coefficient (Wildman–Crippen LogP) is 6.27. The Morgan fingerprint density at radius 3 is 1.91 bits per heavy atom. The molecule has 6 rings (SSSR count). The van der Waals surface area contributed by atoms with Crippen molar-refractivity contribution in [2.24, 2.45) is 11.5 Å². The highest BCUT2D eigenvalue weighted by atomic mass is 16.5. The number of nitrogens with two attached hydrogens (primary N) is 2. The highest BCUT2D eigenvalue weighted by molar-refractivity contribution is 5.82. The highest BCUT2D eigenvalue weighted by Gasteiger charge is 2.24. The molecule has 6 N–H and O–H groups in total. The van der Waals surface area contributed by atoms with Crippen molar-refractivity contribution >= 4 is 23.9 Å². The van der Waals surface area contributed by atoms with Crippen molar-refractivity contribution in [3.8, 4) is 17.2 Å². The number of fused-ring (bicyclic) bond motifs is 2. The van der Waals surface area contributed by atoms with E-state index in [2.05, 4.69) is 9.47 Å². The zero-order valence-corrected chi connectivity index (χ0v) is 25.8. The summed E-state index contributed by atoms with van der Waals surface area (Å²) in [5.41, 5.74) is 16.0. The molecule has 1 aromatic heterocycles. The van der Waals surface area contributed by atoms with Gasteiger partial charge in [0, 0.05) is 40.7 Å². The Morgan fingerprint density at radius 2 is 1.37 bits per heavy atom. The summed E-state index contributed by atoms with van der Waals surface area (Å²) in [5, 5.41) is 19.2. The molecule has 0 bridgehead atoms. The molecule has 0 saturated carbocycles.